The van der Waals surface area contributed by atoms with Crippen LogP contribution in [0.5, 0.6) is 0 Å². The topological polar surface area (TPSA) is 77.8 Å². The number of nitrogens with zero attached hydrogens (tertiary/aromatic N) is 1. The molecule has 5 nitrogen and oxygen atoms in total. The lowest BCUT2D eigenvalue weighted by atomic mass is 9.97. The summed E-state index contributed by atoms with van der Waals surface area (Å²) >= 11 is 0. The third-order valence-corrected chi connectivity index (χ3v) is 2.65. The van der Waals surface area contributed by atoms with Crippen molar-refractivity contribution in [2.45, 2.75) is 12.8 Å². The van der Waals surface area contributed by atoms with Gasteiger partial charge in [-0.05, 0) is 45.1 Å². The van der Waals surface area contributed by atoms with Crippen molar-refractivity contribution in [3.05, 3.63) is 34.9 Å². The van der Waals surface area contributed by atoms with Crippen molar-refractivity contribution in [3.8, 4) is 0 Å². The Bertz CT molecular complexity index is 454. The maximum atomic E-state index is 11.2. The van der Waals surface area contributed by atoms with E-state index in [2.05, 4.69) is 0 Å². The van der Waals surface area contributed by atoms with Crippen LogP contribution in [0.25, 0.3) is 0 Å². The number of hydrogen-bond acceptors (Lipinski definition) is 3. The first-order chi connectivity index (χ1) is 8.43. The highest BCUT2D eigenvalue weighted by molar-refractivity contribution is 6.02. The van der Waals surface area contributed by atoms with Crippen molar-refractivity contribution in [2.24, 2.45) is 0 Å². The Labute approximate surface area is 106 Å². The van der Waals surface area contributed by atoms with Crippen LogP contribution in [-0.2, 0) is 6.42 Å². The van der Waals surface area contributed by atoms with Gasteiger partial charge in [0.2, 0.25) is 0 Å². The molecule has 0 radical (unpaired) electrons. The summed E-state index contributed by atoms with van der Waals surface area (Å²) in [7, 11) is 3.87. The van der Waals surface area contributed by atoms with Gasteiger partial charge in [-0.15, -0.1) is 0 Å². The van der Waals surface area contributed by atoms with Crippen LogP contribution in [0.3, 0.4) is 0 Å². The number of aromatic carboxylic acids is 2. The molecule has 2 N–H and O–H groups in total. The molecule has 0 unspecified atom stereocenters. The van der Waals surface area contributed by atoms with E-state index >= 15 is 0 Å². The normalized spacial score (nSPS) is 10.6. The monoisotopic (exact) mass is 251 g/mol. The van der Waals surface area contributed by atoms with Crippen LogP contribution in [-0.4, -0.2) is 47.7 Å². The Morgan fingerprint density at radius 2 is 1.83 bits per heavy atom. The van der Waals surface area contributed by atoms with E-state index in [1.807, 2.05) is 19.0 Å². The second-order valence-corrected chi connectivity index (χ2v) is 4.36. The number of carboxylic acids is 2. The Balaban J connectivity index is 3.00. The van der Waals surface area contributed by atoms with E-state index in [9.17, 15) is 9.59 Å². The molecule has 1 aromatic rings. The van der Waals surface area contributed by atoms with Crippen molar-refractivity contribution in [1.29, 1.82) is 0 Å². The second-order valence-electron chi connectivity index (χ2n) is 4.36. The zero-order chi connectivity index (χ0) is 13.7. The summed E-state index contributed by atoms with van der Waals surface area (Å²) in [5.74, 6) is -2.39. The maximum absolute atomic E-state index is 11.2. The minimum atomic E-state index is -1.21. The lowest BCUT2D eigenvalue weighted by Gasteiger charge is -2.11. The molecule has 5 heteroatoms. The Hall–Kier alpha value is -1.88. The molecule has 0 saturated heterocycles. The number of aryl methyl sites for hydroxylation is 1. The third kappa shape index (κ3) is 3.56. The van der Waals surface area contributed by atoms with Crippen LogP contribution in [0, 0.1) is 0 Å². The first-order valence-corrected chi connectivity index (χ1v) is 5.66. The molecular formula is C13H17NO4. The summed E-state index contributed by atoms with van der Waals surface area (Å²) in [6, 6.07) is 4.58. The van der Waals surface area contributed by atoms with E-state index in [0.29, 0.717) is 12.0 Å². The molecule has 1 aromatic carbocycles. The highest BCUT2D eigenvalue weighted by atomic mass is 16.4. The van der Waals surface area contributed by atoms with Gasteiger partial charge in [0.05, 0.1) is 11.1 Å². The van der Waals surface area contributed by atoms with E-state index < -0.39 is 11.9 Å². The SMILES string of the molecule is CN(C)CCCc1cccc(C(=O)O)c1C(=O)O. The van der Waals surface area contributed by atoms with Crippen LogP contribution in [0.2, 0.25) is 0 Å². The van der Waals surface area contributed by atoms with Gasteiger partial charge in [-0.3, -0.25) is 0 Å². The van der Waals surface area contributed by atoms with Crippen molar-refractivity contribution in [1.82, 2.24) is 4.90 Å². The molecule has 98 valence electrons. The predicted molar refractivity (Wildman–Crippen MR) is 67.2 cm³/mol. The second kappa shape index (κ2) is 6.16. The fourth-order valence-corrected chi connectivity index (χ4v) is 1.82. The molecule has 0 aliphatic rings. The van der Waals surface area contributed by atoms with Gasteiger partial charge in [0.1, 0.15) is 0 Å². The maximum Gasteiger partial charge on any atom is 0.336 e. The Morgan fingerprint density at radius 1 is 1.17 bits per heavy atom. The van der Waals surface area contributed by atoms with Crippen molar-refractivity contribution >= 4 is 11.9 Å². The van der Waals surface area contributed by atoms with Crippen LogP contribution < -0.4 is 0 Å². The predicted octanol–water partition coefficient (Wildman–Crippen LogP) is 1.58. The minimum absolute atomic E-state index is 0.0937. The highest BCUT2D eigenvalue weighted by Crippen LogP contribution is 2.17. The Kier molecular flexibility index (Phi) is 4.85. The summed E-state index contributed by atoms with van der Waals surface area (Å²) in [5.41, 5.74) is 0.331. The molecule has 0 aromatic heterocycles. The van der Waals surface area contributed by atoms with Gasteiger partial charge in [-0.2, -0.15) is 0 Å². The van der Waals surface area contributed by atoms with Crippen LogP contribution >= 0.6 is 0 Å². The third-order valence-electron chi connectivity index (χ3n) is 2.65. The number of rotatable bonds is 6. The lowest BCUT2D eigenvalue weighted by Crippen LogP contribution is -2.15. The molecule has 0 saturated carbocycles. The molecule has 0 spiro atoms. The van der Waals surface area contributed by atoms with Gasteiger partial charge < -0.3 is 15.1 Å². The zero-order valence-electron chi connectivity index (χ0n) is 10.5. The fraction of sp³-hybridized carbons (Fsp3) is 0.385. The van der Waals surface area contributed by atoms with E-state index in [1.54, 1.807) is 12.1 Å². The van der Waals surface area contributed by atoms with Crippen LogP contribution in [0.15, 0.2) is 18.2 Å². The van der Waals surface area contributed by atoms with Gasteiger partial charge in [0, 0.05) is 0 Å². The largest absolute Gasteiger partial charge is 0.478 e. The fourth-order valence-electron chi connectivity index (χ4n) is 1.82. The van der Waals surface area contributed by atoms with Crippen molar-refractivity contribution < 1.29 is 19.8 Å². The molecular weight excluding hydrogens is 234 g/mol. The van der Waals surface area contributed by atoms with Gasteiger partial charge >= 0.3 is 11.9 Å². The molecule has 0 heterocycles. The van der Waals surface area contributed by atoms with E-state index in [1.165, 1.54) is 6.07 Å². The molecule has 0 aliphatic carbocycles. The minimum Gasteiger partial charge on any atom is -0.478 e. The average Bonchev–Trinajstić information content (AvgIpc) is 2.27. The van der Waals surface area contributed by atoms with E-state index in [4.69, 9.17) is 10.2 Å². The average molecular weight is 251 g/mol. The molecule has 0 atom stereocenters. The van der Waals surface area contributed by atoms with Gasteiger partial charge in [-0.1, -0.05) is 12.1 Å². The van der Waals surface area contributed by atoms with Gasteiger partial charge in [0.15, 0.2) is 0 Å². The summed E-state index contributed by atoms with van der Waals surface area (Å²) in [6.45, 7) is 0.830. The van der Waals surface area contributed by atoms with Gasteiger partial charge in [0.25, 0.3) is 0 Å². The van der Waals surface area contributed by atoms with E-state index in [0.717, 1.165) is 13.0 Å². The summed E-state index contributed by atoms with van der Waals surface area (Å²) in [4.78, 5) is 24.2. The standard InChI is InChI=1S/C13H17NO4/c1-14(2)8-4-6-9-5-3-7-10(12(15)16)11(9)13(17)18/h3,5,7H,4,6,8H2,1-2H3,(H,15,16)(H,17,18). The number of hydrogen-bond donors (Lipinski definition) is 2. The number of carboxylic acid groups (broad SMARTS) is 2. The smallest absolute Gasteiger partial charge is 0.336 e. The van der Waals surface area contributed by atoms with Crippen LogP contribution in [0.1, 0.15) is 32.7 Å². The summed E-state index contributed by atoms with van der Waals surface area (Å²) in [5, 5.41) is 18.1. The van der Waals surface area contributed by atoms with Crippen molar-refractivity contribution in [3.63, 3.8) is 0 Å². The van der Waals surface area contributed by atoms with Crippen molar-refractivity contribution in [2.75, 3.05) is 20.6 Å². The molecule has 0 bridgehead atoms. The Morgan fingerprint density at radius 3 is 2.33 bits per heavy atom. The molecule has 0 aliphatic heterocycles. The van der Waals surface area contributed by atoms with Crippen LogP contribution in [0.4, 0.5) is 0 Å². The number of carbonyl (C=O) groups is 2. The molecule has 1 rings (SSSR count). The zero-order valence-corrected chi connectivity index (χ0v) is 10.5. The first-order valence-electron chi connectivity index (χ1n) is 5.66. The first kappa shape index (κ1) is 14.2. The number of benzene rings is 1. The molecule has 0 amide bonds. The molecule has 0 fully saturated rings. The summed E-state index contributed by atoms with van der Waals surface area (Å²) in [6.07, 6.45) is 1.34. The summed E-state index contributed by atoms with van der Waals surface area (Å²) < 4.78 is 0. The van der Waals surface area contributed by atoms with Gasteiger partial charge in [-0.25, -0.2) is 9.59 Å². The van der Waals surface area contributed by atoms with E-state index in [-0.39, 0.29) is 11.1 Å². The lowest BCUT2D eigenvalue weighted by molar-refractivity contribution is 0.0650. The quantitative estimate of drug-likeness (QED) is 0.802. The highest BCUT2D eigenvalue weighted by Gasteiger charge is 2.19. The molecule has 18 heavy (non-hydrogen) atoms.